The summed E-state index contributed by atoms with van der Waals surface area (Å²) in [6.07, 6.45) is 0. The van der Waals surface area contributed by atoms with E-state index in [0.717, 1.165) is 7.14 Å². The summed E-state index contributed by atoms with van der Waals surface area (Å²) in [6.45, 7) is 0. The van der Waals surface area contributed by atoms with Gasteiger partial charge in [0.1, 0.15) is 0 Å². The van der Waals surface area contributed by atoms with Crippen molar-refractivity contribution in [2.45, 2.75) is 0 Å². The summed E-state index contributed by atoms with van der Waals surface area (Å²) in [5.41, 5.74) is 0.231. The van der Waals surface area contributed by atoms with Crippen LogP contribution in [0.4, 0.5) is 5.69 Å². The van der Waals surface area contributed by atoms with Crippen LogP contribution < -0.4 is 21.2 Å². The van der Waals surface area contributed by atoms with Crippen molar-refractivity contribution in [2.24, 2.45) is 0 Å². The molecule has 0 aromatic heterocycles. The number of nitrogens with zero attached hydrogens (tertiary/aromatic N) is 1. The third-order valence-electron chi connectivity index (χ3n) is 1.33. The number of nitro benzene ring substituents is 1. The van der Waals surface area contributed by atoms with Gasteiger partial charge in [-0.05, 0) is 0 Å². The van der Waals surface area contributed by atoms with Gasteiger partial charge in [0, 0.05) is 0 Å². The van der Waals surface area contributed by atoms with Crippen molar-refractivity contribution < 1.29 is 26.1 Å². The van der Waals surface area contributed by atoms with Crippen LogP contribution in [-0.2, 0) is 0 Å². The number of hydrogen-bond acceptors (Lipinski definition) is 2. The van der Waals surface area contributed by atoms with Crippen molar-refractivity contribution in [3.63, 3.8) is 0 Å². The monoisotopic (exact) mass is 390 g/mol. The molecule has 0 aliphatic heterocycles. The number of benzene rings is 1. The molecule has 0 N–H and O–H groups in total. The summed E-state index contributed by atoms with van der Waals surface area (Å²) in [7, 11) is 0. The quantitative estimate of drug-likeness (QED) is 0.284. The molecule has 1 aromatic rings. The first-order valence-corrected chi connectivity index (χ1v) is 7.40. The zero-order valence-electron chi connectivity index (χ0n) is 6.25. The molecule has 0 aliphatic carbocycles. The van der Waals surface area contributed by atoms with Crippen molar-refractivity contribution in [1.82, 2.24) is 0 Å². The van der Waals surface area contributed by atoms with Crippen LogP contribution in [0.15, 0.2) is 18.2 Å². The van der Waals surface area contributed by atoms with Crippen LogP contribution in [0.2, 0.25) is 0 Å². The SMILES string of the molecule is C[I-]c1cccc([N+](=O)[O-])c1I. The second kappa shape index (κ2) is 4.35. The standard InChI is InChI=1S/C7H6I2NO2/c1-9-5-3-2-4-6(7(5)8)10(11)12/h2-4H,1H3/q-1. The first-order chi connectivity index (χ1) is 5.66. The fourth-order valence-corrected chi connectivity index (χ4v) is 4.02. The molecule has 0 heterocycles. The fourth-order valence-electron chi connectivity index (χ4n) is 0.779. The summed E-state index contributed by atoms with van der Waals surface area (Å²) in [5, 5.41) is 10.5. The molecule has 3 nitrogen and oxygen atoms in total. The molecule has 5 heteroatoms. The van der Waals surface area contributed by atoms with E-state index in [9.17, 15) is 10.1 Å². The van der Waals surface area contributed by atoms with Gasteiger partial charge in [0.05, 0.1) is 0 Å². The van der Waals surface area contributed by atoms with Crippen LogP contribution in [-0.4, -0.2) is 9.85 Å². The van der Waals surface area contributed by atoms with Gasteiger partial charge in [-0.15, -0.1) is 0 Å². The van der Waals surface area contributed by atoms with Crippen molar-refractivity contribution in [1.29, 1.82) is 0 Å². The van der Waals surface area contributed by atoms with Crippen LogP contribution in [0.25, 0.3) is 0 Å². The van der Waals surface area contributed by atoms with Gasteiger partial charge in [0.25, 0.3) is 0 Å². The van der Waals surface area contributed by atoms with Crippen LogP contribution in [0.3, 0.4) is 0 Å². The number of rotatable bonds is 2. The average molecular weight is 390 g/mol. The van der Waals surface area contributed by atoms with E-state index in [4.69, 9.17) is 0 Å². The molecule has 0 saturated carbocycles. The third kappa shape index (κ3) is 2.06. The molecule has 0 unspecified atom stereocenters. The molecule has 12 heavy (non-hydrogen) atoms. The van der Waals surface area contributed by atoms with E-state index in [1.807, 2.05) is 28.7 Å². The predicted octanol–water partition coefficient (Wildman–Crippen LogP) is -0.912. The van der Waals surface area contributed by atoms with E-state index in [0.29, 0.717) is 0 Å². The number of halogens is 2. The van der Waals surface area contributed by atoms with Crippen molar-refractivity contribution in [3.8, 4) is 0 Å². The van der Waals surface area contributed by atoms with Crippen molar-refractivity contribution >= 4 is 28.3 Å². The molecule has 0 bridgehead atoms. The molecule has 0 aliphatic rings. The predicted molar refractivity (Wildman–Crippen MR) is 50.4 cm³/mol. The van der Waals surface area contributed by atoms with E-state index in [1.165, 1.54) is 0 Å². The van der Waals surface area contributed by atoms with Gasteiger partial charge in [-0.1, -0.05) is 0 Å². The van der Waals surface area contributed by atoms with Gasteiger partial charge in [0.15, 0.2) is 0 Å². The minimum absolute atomic E-state index is 0.0666. The van der Waals surface area contributed by atoms with E-state index < -0.39 is 0 Å². The Hall–Kier alpha value is 0.0800. The van der Waals surface area contributed by atoms with Gasteiger partial charge in [0.2, 0.25) is 0 Å². The second-order valence-corrected chi connectivity index (χ2v) is 5.34. The van der Waals surface area contributed by atoms with Gasteiger partial charge in [-0.2, -0.15) is 0 Å². The van der Waals surface area contributed by atoms with E-state index in [-0.39, 0.29) is 31.8 Å². The molecule has 0 fully saturated rings. The Bertz CT molecular complexity index is 314. The molecular formula is C7H6I2NO2-. The Morgan fingerprint density at radius 1 is 1.58 bits per heavy atom. The Kier molecular flexibility index (Phi) is 3.69. The van der Waals surface area contributed by atoms with Gasteiger partial charge in [-0.25, -0.2) is 0 Å². The summed E-state index contributed by atoms with van der Waals surface area (Å²) in [5.74, 6) is 0. The topological polar surface area (TPSA) is 43.1 Å². The maximum absolute atomic E-state index is 10.5. The number of nitro groups is 1. The number of hydrogen-bond donors (Lipinski definition) is 0. The minimum atomic E-state index is -0.329. The Morgan fingerprint density at radius 2 is 2.25 bits per heavy atom. The summed E-state index contributed by atoms with van der Waals surface area (Å²) in [4.78, 5) is 12.3. The zero-order valence-corrected chi connectivity index (χ0v) is 10.6. The van der Waals surface area contributed by atoms with Crippen LogP contribution in [0.5, 0.6) is 0 Å². The van der Waals surface area contributed by atoms with Gasteiger partial charge in [-0.3, -0.25) is 0 Å². The molecule has 0 spiro atoms. The van der Waals surface area contributed by atoms with Crippen LogP contribution in [0.1, 0.15) is 0 Å². The molecule has 1 aromatic carbocycles. The van der Waals surface area contributed by atoms with Gasteiger partial charge >= 0.3 is 94.8 Å². The summed E-state index contributed by atoms with van der Waals surface area (Å²) >= 11 is 1.98. The number of alkyl halides is 1. The Labute approximate surface area is 94.1 Å². The van der Waals surface area contributed by atoms with E-state index >= 15 is 0 Å². The first kappa shape index (κ1) is 10.2. The fraction of sp³-hybridized carbons (Fsp3) is 0.143. The van der Waals surface area contributed by atoms with Crippen LogP contribution in [0, 0.1) is 17.3 Å². The Morgan fingerprint density at radius 3 is 2.75 bits per heavy atom. The average Bonchev–Trinajstić information content (AvgIpc) is 2.04. The van der Waals surface area contributed by atoms with E-state index in [2.05, 4.69) is 4.93 Å². The third-order valence-corrected chi connectivity index (χ3v) is 5.56. The molecular weight excluding hydrogens is 384 g/mol. The molecule has 0 radical (unpaired) electrons. The van der Waals surface area contributed by atoms with Crippen molar-refractivity contribution in [2.75, 3.05) is 4.93 Å². The molecule has 66 valence electrons. The summed E-state index contributed by atoms with van der Waals surface area (Å²) < 4.78 is 1.94. The second-order valence-electron chi connectivity index (χ2n) is 2.02. The normalized spacial score (nSPS) is 10.2. The van der Waals surface area contributed by atoms with Crippen LogP contribution >= 0.6 is 22.6 Å². The molecule has 0 atom stereocenters. The zero-order chi connectivity index (χ0) is 9.14. The molecule has 1 rings (SSSR count). The van der Waals surface area contributed by atoms with E-state index in [1.54, 1.807) is 12.1 Å². The first-order valence-electron chi connectivity index (χ1n) is 3.09. The molecule has 0 amide bonds. The van der Waals surface area contributed by atoms with Crippen molar-refractivity contribution in [3.05, 3.63) is 35.5 Å². The van der Waals surface area contributed by atoms with Gasteiger partial charge < -0.3 is 0 Å². The molecule has 0 saturated heterocycles. The maximum atomic E-state index is 10.5. The Balaban J connectivity index is 3.23. The summed E-state index contributed by atoms with van der Waals surface area (Å²) in [6, 6.07) is 5.26.